The monoisotopic (exact) mass is 282 g/mol. The maximum absolute atomic E-state index is 11.9. The summed E-state index contributed by atoms with van der Waals surface area (Å²) in [5.74, 6) is 0.112. The molecule has 1 amide bonds. The molecule has 0 aromatic rings. The lowest BCUT2D eigenvalue weighted by atomic mass is 9.74. The predicted octanol–water partition coefficient (Wildman–Crippen LogP) is 1.97. The highest BCUT2D eigenvalue weighted by Crippen LogP contribution is 2.35. The maximum atomic E-state index is 11.9. The Kier molecular flexibility index (Phi) is 6.30. The highest BCUT2D eigenvalue weighted by atomic mass is 16.3. The van der Waals surface area contributed by atoms with E-state index >= 15 is 0 Å². The van der Waals surface area contributed by atoms with Crippen LogP contribution >= 0.6 is 0 Å². The van der Waals surface area contributed by atoms with Gasteiger partial charge in [0.1, 0.15) is 0 Å². The zero-order chi connectivity index (χ0) is 14.3. The lowest BCUT2D eigenvalue weighted by Gasteiger charge is -2.35. The summed E-state index contributed by atoms with van der Waals surface area (Å²) in [5, 5.41) is 16.0. The summed E-state index contributed by atoms with van der Waals surface area (Å²) < 4.78 is 0. The molecule has 2 saturated carbocycles. The van der Waals surface area contributed by atoms with E-state index in [4.69, 9.17) is 0 Å². The highest BCUT2D eigenvalue weighted by molar-refractivity contribution is 5.78. The van der Waals surface area contributed by atoms with Crippen molar-refractivity contribution in [3.63, 3.8) is 0 Å². The van der Waals surface area contributed by atoms with Crippen LogP contribution in [0.25, 0.3) is 0 Å². The molecular weight excluding hydrogens is 252 g/mol. The molecule has 2 fully saturated rings. The molecule has 0 heterocycles. The van der Waals surface area contributed by atoms with Crippen molar-refractivity contribution in [2.45, 2.75) is 70.3 Å². The predicted molar refractivity (Wildman–Crippen MR) is 80.5 cm³/mol. The Morgan fingerprint density at radius 2 is 1.70 bits per heavy atom. The Bertz CT molecular complexity index is 295. The number of hydrogen-bond acceptors (Lipinski definition) is 3. The van der Waals surface area contributed by atoms with Gasteiger partial charge >= 0.3 is 0 Å². The van der Waals surface area contributed by atoms with Crippen LogP contribution in [-0.2, 0) is 4.79 Å². The smallest absolute Gasteiger partial charge is 0.234 e. The zero-order valence-corrected chi connectivity index (χ0v) is 12.6. The van der Waals surface area contributed by atoms with Crippen molar-refractivity contribution in [3.05, 3.63) is 0 Å². The normalized spacial score (nSPS) is 23.4. The molecule has 20 heavy (non-hydrogen) atoms. The van der Waals surface area contributed by atoms with Gasteiger partial charge in [-0.3, -0.25) is 4.79 Å². The minimum absolute atomic E-state index is 0.0172. The van der Waals surface area contributed by atoms with Crippen molar-refractivity contribution in [2.24, 2.45) is 5.41 Å². The molecule has 0 aliphatic heterocycles. The molecule has 3 N–H and O–H groups in total. The second-order valence-corrected chi connectivity index (χ2v) is 6.72. The van der Waals surface area contributed by atoms with E-state index in [1.807, 2.05) is 0 Å². The quantitative estimate of drug-likeness (QED) is 0.698. The molecule has 0 saturated heterocycles. The summed E-state index contributed by atoms with van der Waals surface area (Å²) in [6, 6.07) is 0.388. The maximum Gasteiger partial charge on any atom is 0.234 e. The van der Waals surface area contributed by atoms with E-state index in [2.05, 4.69) is 10.6 Å². The van der Waals surface area contributed by atoms with Gasteiger partial charge in [0.2, 0.25) is 5.91 Å². The van der Waals surface area contributed by atoms with Gasteiger partial charge < -0.3 is 15.7 Å². The summed E-state index contributed by atoms with van der Waals surface area (Å²) in [7, 11) is 0. The molecule has 4 nitrogen and oxygen atoms in total. The van der Waals surface area contributed by atoms with Gasteiger partial charge in [0.15, 0.2) is 0 Å². The van der Waals surface area contributed by atoms with Crippen LogP contribution in [0.2, 0.25) is 0 Å². The van der Waals surface area contributed by atoms with Crippen LogP contribution in [0.5, 0.6) is 0 Å². The lowest BCUT2D eigenvalue weighted by molar-refractivity contribution is -0.121. The van der Waals surface area contributed by atoms with E-state index in [1.54, 1.807) is 0 Å². The molecule has 0 aromatic carbocycles. The van der Waals surface area contributed by atoms with Crippen LogP contribution in [0.4, 0.5) is 0 Å². The average Bonchev–Trinajstić information content (AvgIpc) is 2.49. The molecule has 0 atom stereocenters. The number of carbonyl (C=O) groups excluding carboxylic acids is 1. The number of aliphatic hydroxyl groups is 1. The Labute approximate surface area is 122 Å². The summed E-state index contributed by atoms with van der Waals surface area (Å²) in [6.45, 7) is 1.39. The lowest BCUT2D eigenvalue weighted by Crippen LogP contribution is -2.45. The molecule has 0 unspecified atom stereocenters. The largest absolute Gasteiger partial charge is 0.396 e. The van der Waals surface area contributed by atoms with E-state index < -0.39 is 0 Å². The Balaban J connectivity index is 1.64. The van der Waals surface area contributed by atoms with Crippen molar-refractivity contribution < 1.29 is 9.90 Å². The van der Waals surface area contributed by atoms with E-state index in [0.29, 0.717) is 12.6 Å². The highest BCUT2D eigenvalue weighted by Gasteiger charge is 2.31. The number of rotatable bonds is 6. The summed E-state index contributed by atoms with van der Waals surface area (Å²) in [5.41, 5.74) is 0.0172. The van der Waals surface area contributed by atoms with Gasteiger partial charge in [-0.05, 0) is 25.7 Å². The molecule has 0 spiro atoms. The second kappa shape index (κ2) is 7.99. The van der Waals surface area contributed by atoms with Crippen molar-refractivity contribution in [2.75, 3.05) is 19.7 Å². The summed E-state index contributed by atoms with van der Waals surface area (Å²) in [4.78, 5) is 11.9. The Hall–Kier alpha value is -0.610. The number of aliphatic hydroxyl groups excluding tert-OH is 1. The fourth-order valence-electron chi connectivity index (χ4n) is 3.66. The van der Waals surface area contributed by atoms with Crippen LogP contribution in [-0.4, -0.2) is 36.8 Å². The second-order valence-electron chi connectivity index (χ2n) is 6.72. The first-order valence-electron chi connectivity index (χ1n) is 8.35. The van der Waals surface area contributed by atoms with Crippen LogP contribution < -0.4 is 10.6 Å². The van der Waals surface area contributed by atoms with E-state index in [0.717, 1.165) is 32.2 Å². The molecule has 2 aliphatic carbocycles. The standard InChI is InChI=1S/C16H30N2O2/c19-13-16(9-5-2-6-10-16)12-17-11-15(20)18-14-7-3-1-4-8-14/h14,17,19H,1-13H2,(H,18,20). The van der Waals surface area contributed by atoms with Crippen LogP contribution in [0.1, 0.15) is 64.2 Å². The molecule has 0 bridgehead atoms. The first kappa shape index (κ1) is 15.8. The van der Waals surface area contributed by atoms with Crippen LogP contribution in [0, 0.1) is 5.41 Å². The van der Waals surface area contributed by atoms with Crippen molar-refractivity contribution in [3.8, 4) is 0 Å². The van der Waals surface area contributed by atoms with E-state index in [1.165, 1.54) is 38.5 Å². The fraction of sp³-hybridized carbons (Fsp3) is 0.938. The van der Waals surface area contributed by atoms with Crippen molar-refractivity contribution in [1.29, 1.82) is 0 Å². The third kappa shape index (κ3) is 4.74. The summed E-state index contributed by atoms with van der Waals surface area (Å²) >= 11 is 0. The Morgan fingerprint density at radius 1 is 1.05 bits per heavy atom. The molecule has 2 rings (SSSR count). The van der Waals surface area contributed by atoms with E-state index in [9.17, 15) is 9.90 Å². The molecule has 2 aliphatic rings. The SMILES string of the molecule is O=C(CNCC1(CO)CCCCC1)NC1CCCCC1. The minimum atomic E-state index is 0.0172. The first-order chi connectivity index (χ1) is 9.74. The first-order valence-corrected chi connectivity index (χ1v) is 8.35. The molecular formula is C16H30N2O2. The number of hydrogen-bond donors (Lipinski definition) is 3. The van der Waals surface area contributed by atoms with Gasteiger partial charge in [-0.15, -0.1) is 0 Å². The minimum Gasteiger partial charge on any atom is -0.396 e. The van der Waals surface area contributed by atoms with Crippen molar-refractivity contribution >= 4 is 5.91 Å². The average molecular weight is 282 g/mol. The summed E-state index contributed by atoms with van der Waals surface area (Å²) in [6.07, 6.45) is 11.9. The van der Waals surface area contributed by atoms with Crippen molar-refractivity contribution in [1.82, 2.24) is 10.6 Å². The van der Waals surface area contributed by atoms with Crippen LogP contribution in [0.3, 0.4) is 0 Å². The third-order valence-electron chi connectivity index (χ3n) is 5.01. The fourth-order valence-corrected chi connectivity index (χ4v) is 3.66. The van der Waals surface area contributed by atoms with Gasteiger partial charge in [0.25, 0.3) is 0 Å². The molecule has 4 heteroatoms. The van der Waals surface area contributed by atoms with Gasteiger partial charge in [0, 0.05) is 24.6 Å². The van der Waals surface area contributed by atoms with E-state index in [-0.39, 0.29) is 17.9 Å². The van der Waals surface area contributed by atoms with Gasteiger partial charge in [-0.1, -0.05) is 38.5 Å². The topological polar surface area (TPSA) is 61.4 Å². The number of carbonyl (C=O) groups is 1. The number of nitrogens with one attached hydrogen (secondary N) is 2. The zero-order valence-electron chi connectivity index (χ0n) is 12.6. The molecule has 0 radical (unpaired) electrons. The Morgan fingerprint density at radius 3 is 2.35 bits per heavy atom. The van der Waals surface area contributed by atoms with Gasteiger partial charge in [-0.25, -0.2) is 0 Å². The van der Waals surface area contributed by atoms with Gasteiger partial charge in [-0.2, -0.15) is 0 Å². The number of amides is 1. The van der Waals surface area contributed by atoms with Crippen LogP contribution in [0.15, 0.2) is 0 Å². The molecule has 116 valence electrons. The van der Waals surface area contributed by atoms with Gasteiger partial charge in [0.05, 0.1) is 6.54 Å². The molecule has 0 aromatic heterocycles. The third-order valence-corrected chi connectivity index (χ3v) is 5.01.